The van der Waals surface area contributed by atoms with Gasteiger partial charge in [0.25, 0.3) is 0 Å². The Bertz CT molecular complexity index is 485. The molecule has 0 spiro atoms. The lowest BCUT2D eigenvalue weighted by molar-refractivity contribution is 0.577. The van der Waals surface area contributed by atoms with Gasteiger partial charge in [-0.3, -0.25) is 4.98 Å². The van der Waals surface area contributed by atoms with Crippen LogP contribution in [0.15, 0.2) is 48.8 Å². The van der Waals surface area contributed by atoms with E-state index in [0.717, 1.165) is 18.0 Å². The van der Waals surface area contributed by atoms with Crippen LogP contribution in [0.25, 0.3) is 0 Å². The van der Waals surface area contributed by atoms with Crippen molar-refractivity contribution in [2.45, 2.75) is 19.4 Å². The minimum Gasteiger partial charge on any atom is -0.310 e. The van der Waals surface area contributed by atoms with Crippen LogP contribution < -0.4 is 5.32 Å². The van der Waals surface area contributed by atoms with E-state index >= 15 is 0 Å². The first-order chi connectivity index (χ1) is 8.75. The summed E-state index contributed by atoms with van der Waals surface area (Å²) in [5, 5.41) is 4.28. The summed E-state index contributed by atoms with van der Waals surface area (Å²) >= 11 is 5.98. The van der Waals surface area contributed by atoms with Crippen LogP contribution in [0.1, 0.15) is 24.1 Å². The van der Waals surface area contributed by atoms with E-state index in [2.05, 4.69) is 23.3 Å². The summed E-state index contributed by atoms with van der Waals surface area (Å²) in [6, 6.07) is 12.4. The molecule has 2 rings (SSSR count). The summed E-state index contributed by atoms with van der Waals surface area (Å²) in [5.41, 5.74) is 2.52. The van der Waals surface area contributed by atoms with Crippen molar-refractivity contribution in [3.05, 3.63) is 64.9 Å². The predicted octanol–water partition coefficient (Wildman–Crippen LogP) is 3.63. The van der Waals surface area contributed by atoms with Crippen molar-refractivity contribution in [3.8, 4) is 0 Å². The van der Waals surface area contributed by atoms with Crippen molar-refractivity contribution in [2.75, 3.05) is 6.54 Å². The molecule has 0 unspecified atom stereocenters. The number of benzene rings is 1. The Labute approximate surface area is 113 Å². The average Bonchev–Trinajstić information content (AvgIpc) is 2.40. The zero-order chi connectivity index (χ0) is 12.8. The lowest BCUT2D eigenvalue weighted by Gasteiger charge is -2.14. The molecule has 0 saturated carbocycles. The van der Waals surface area contributed by atoms with Crippen LogP contribution in [-0.2, 0) is 6.42 Å². The molecule has 0 bridgehead atoms. The third-order valence-corrected chi connectivity index (χ3v) is 3.20. The van der Waals surface area contributed by atoms with E-state index < -0.39 is 0 Å². The average molecular weight is 261 g/mol. The smallest absolute Gasteiger partial charge is 0.0409 e. The van der Waals surface area contributed by atoms with Crippen LogP contribution in [0, 0.1) is 0 Å². The molecule has 3 heteroatoms. The molecule has 18 heavy (non-hydrogen) atoms. The first kappa shape index (κ1) is 13.1. The summed E-state index contributed by atoms with van der Waals surface area (Å²) in [4.78, 5) is 4.01. The molecule has 1 aromatic heterocycles. The van der Waals surface area contributed by atoms with Crippen molar-refractivity contribution in [1.29, 1.82) is 0 Å². The third-order valence-electron chi connectivity index (χ3n) is 2.96. The van der Waals surface area contributed by atoms with Gasteiger partial charge in [-0.25, -0.2) is 0 Å². The van der Waals surface area contributed by atoms with Crippen LogP contribution in [0.5, 0.6) is 0 Å². The molecule has 1 aromatic carbocycles. The fourth-order valence-corrected chi connectivity index (χ4v) is 2.07. The van der Waals surface area contributed by atoms with E-state index in [1.54, 1.807) is 0 Å². The SMILES string of the molecule is C[C@@H](NCCc1ccncc1)c1cccc(Cl)c1. The normalized spacial score (nSPS) is 12.3. The molecule has 0 saturated heterocycles. The molecule has 0 aliphatic heterocycles. The highest BCUT2D eigenvalue weighted by molar-refractivity contribution is 6.30. The molecule has 0 amide bonds. The standard InChI is InChI=1S/C15H17ClN2/c1-12(14-3-2-4-15(16)11-14)18-10-7-13-5-8-17-9-6-13/h2-6,8-9,11-12,18H,7,10H2,1H3/t12-/m1/s1. The predicted molar refractivity (Wildman–Crippen MR) is 75.8 cm³/mol. The van der Waals surface area contributed by atoms with Crippen molar-refractivity contribution in [2.24, 2.45) is 0 Å². The molecule has 0 radical (unpaired) electrons. The highest BCUT2D eigenvalue weighted by Crippen LogP contribution is 2.17. The summed E-state index contributed by atoms with van der Waals surface area (Å²) < 4.78 is 0. The van der Waals surface area contributed by atoms with Crippen molar-refractivity contribution < 1.29 is 0 Å². The largest absolute Gasteiger partial charge is 0.310 e. The van der Waals surface area contributed by atoms with Crippen LogP contribution in [0.2, 0.25) is 5.02 Å². The first-order valence-electron chi connectivity index (χ1n) is 6.13. The molecule has 1 N–H and O–H groups in total. The van der Waals surface area contributed by atoms with E-state index in [9.17, 15) is 0 Å². The highest BCUT2D eigenvalue weighted by atomic mass is 35.5. The molecular weight excluding hydrogens is 244 g/mol. The zero-order valence-electron chi connectivity index (χ0n) is 10.4. The molecule has 0 aliphatic carbocycles. The van der Waals surface area contributed by atoms with Gasteiger partial charge in [0.2, 0.25) is 0 Å². The first-order valence-corrected chi connectivity index (χ1v) is 6.51. The van der Waals surface area contributed by atoms with Gasteiger partial charge in [-0.2, -0.15) is 0 Å². The minimum absolute atomic E-state index is 0.311. The lowest BCUT2D eigenvalue weighted by atomic mass is 10.1. The molecule has 1 heterocycles. The van der Waals surface area contributed by atoms with Crippen molar-refractivity contribution in [3.63, 3.8) is 0 Å². The maximum atomic E-state index is 5.98. The minimum atomic E-state index is 0.311. The number of rotatable bonds is 5. The Balaban J connectivity index is 1.83. The third kappa shape index (κ3) is 3.83. The number of nitrogens with one attached hydrogen (secondary N) is 1. The number of halogens is 1. The topological polar surface area (TPSA) is 24.9 Å². The fourth-order valence-electron chi connectivity index (χ4n) is 1.88. The van der Waals surface area contributed by atoms with Gasteiger partial charge in [0.1, 0.15) is 0 Å². The van der Waals surface area contributed by atoms with Crippen LogP contribution >= 0.6 is 11.6 Å². The Morgan fingerprint density at radius 1 is 1.22 bits per heavy atom. The second-order valence-corrected chi connectivity index (χ2v) is 4.77. The van der Waals surface area contributed by atoms with E-state index in [1.165, 1.54) is 11.1 Å². The Hall–Kier alpha value is -1.38. The van der Waals surface area contributed by atoms with Gasteiger partial charge >= 0.3 is 0 Å². The second kappa shape index (κ2) is 6.53. The Kier molecular flexibility index (Phi) is 4.73. The summed E-state index contributed by atoms with van der Waals surface area (Å²) in [6.45, 7) is 3.09. The Morgan fingerprint density at radius 2 is 2.00 bits per heavy atom. The van der Waals surface area contributed by atoms with E-state index in [1.807, 2.05) is 42.7 Å². The number of hydrogen-bond acceptors (Lipinski definition) is 2. The fraction of sp³-hybridized carbons (Fsp3) is 0.267. The van der Waals surface area contributed by atoms with Gasteiger partial charge in [-0.1, -0.05) is 23.7 Å². The summed E-state index contributed by atoms with van der Waals surface area (Å²) in [7, 11) is 0. The van der Waals surface area contributed by atoms with E-state index in [-0.39, 0.29) is 0 Å². The number of aromatic nitrogens is 1. The Morgan fingerprint density at radius 3 is 2.72 bits per heavy atom. The van der Waals surface area contributed by atoms with Gasteiger partial charge in [0.05, 0.1) is 0 Å². The summed E-state index contributed by atoms with van der Waals surface area (Å²) in [5.74, 6) is 0. The van der Waals surface area contributed by atoms with Gasteiger partial charge in [0, 0.05) is 23.5 Å². The molecule has 0 aliphatic rings. The second-order valence-electron chi connectivity index (χ2n) is 4.34. The maximum absolute atomic E-state index is 5.98. The molecule has 1 atom stereocenters. The van der Waals surface area contributed by atoms with Gasteiger partial charge < -0.3 is 5.32 Å². The van der Waals surface area contributed by atoms with Crippen molar-refractivity contribution in [1.82, 2.24) is 10.3 Å². The lowest BCUT2D eigenvalue weighted by Crippen LogP contribution is -2.21. The molecule has 2 aromatic rings. The van der Waals surface area contributed by atoms with Crippen molar-refractivity contribution >= 4 is 11.6 Å². The monoisotopic (exact) mass is 260 g/mol. The number of nitrogens with zero attached hydrogens (tertiary/aromatic N) is 1. The zero-order valence-corrected chi connectivity index (χ0v) is 11.2. The maximum Gasteiger partial charge on any atom is 0.0409 e. The molecular formula is C15H17ClN2. The van der Waals surface area contributed by atoms with Gasteiger partial charge in [-0.15, -0.1) is 0 Å². The van der Waals surface area contributed by atoms with Gasteiger partial charge in [-0.05, 0) is 55.3 Å². The van der Waals surface area contributed by atoms with Gasteiger partial charge in [0.15, 0.2) is 0 Å². The molecule has 2 nitrogen and oxygen atoms in total. The van der Waals surface area contributed by atoms with E-state index in [4.69, 9.17) is 11.6 Å². The quantitative estimate of drug-likeness (QED) is 0.888. The molecule has 0 fully saturated rings. The molecule has 94 valence electrons. The van der Waals surface area contributed by atoms with Crippen LogP contribution in [-0.4, -0.2) is 11.5 Å². The summed E-state index contributed by atoms with van der Waals surface area (Å²) in [6.07, 6.45) is 4.67. The van der Waals surface area contributed by atoms with Crippen LogP contribution in [0.3, 0.4) is 0 Å². The van der Waals surface area contributed by atoms with Crippen LogP contribution in [0.4, 0.5) is 0 Å². The number of hydrogen-bond donors (Lipinski definition) is 1. The number of pyridine rings is 1. The van der Waals surface area contributed by atoms with E-state index in [0.29, 0.717) is 6.04 Å². The highest BCUT2D eigenvalue weighted by Gasteiger charge is 2.04.